The molecular weight excluding hydrogens is 310 g/mol. The molecule has 1 aliphatic rings. The van der Waals surface area contributed by atoms with E-state index < -0.39 is 0 Å². The molecule has 2 rings (SSSR count). The molecule has 19 heavy (non-hydrogen) atoms. The van der Waals surface area contributed by atoms with Crippen molar-refractivity contribution in [2.24, 2.45) is 11.7 Å². The maximum Gasteiger partial charge on any atom is 0.141 e. The van der Waals surface area contributed by atoms with Crippen molar-refractivity contribution in [3.63, 3.8) is 0 Å². The van der Waals surface area contributed by atoms with Crippen molar-refractivity contribution in [1.82, 2.24) is 0 Å². The van der Waals surface area contributed by atoms with Gasteiger partial charge >= 0.3 is 0 Å². The molecule has 1 aliphatic heterocycles. The Morgan fingerprint density at radius 2 is 2.11 bits per heavy atom. The van der Waals surface area contributed by atoms with Crippen molar-refractivity contribution < 1.29 is 14.2 Å². The molecule has 1 aromatic carbocycles. The third-order valence-electron chi connectivity index (χ3n) is 3.67. The average molecular weight is 330 g/mol. The molecule has 1 saturated heterocycles. The summed E-state index contributed by atoms with van der Waals surface area (Å²) in [6, 6.07) is 3.64. The molecule has 1 fully saturated rings. The number of hydrogen-bond acceptors (Lipinski definition) is 4. The van der Waals surface area contributed by atoms with Crippen molar-refractivity contribution in [1.29, 1.82) is 0 Å². The van der Waals surface area contributed by atoms with Gasteiger partial charge in [0, 0.05) is 12.2 Å². The fraction of sp³-hybridized carbons (Fsp3) is 0.571. The zero-order chi connectivity index (χ0) is 14.0. The van der Waals surface area contributed by atoms with Gasteiger partial charge in [0.25, 0.3) is 0 Å². The minimum absolute atomic E-state index is 0.0363. The predicted octanol–water partition coefficient (Wildman–Crippen LogP) is 2.89. The fourth-order valence-electron chi connectivity index (χ4n) is 2.53. The summed E-state index contributed by atoms with van der Waals surface area (Å²) in [7, 11) is 3.26. The van der Waals surface area contributed by atoms with Crippen LogP contribution in [0.4, 0.5) is 0 Å². The van der Waals surface area contributed by atoms with E-state index in [1.807, 2.05) is 12.1 Å². The summed E-state index contributed by atoms with van der Waals surface area (Å²) in [5.41, 5.74) is 7.30. The van der Waals surface area contributed by atoms with Gasteiger partial charge in [-0.25, -0.2) is 0 Å². The highest BCUT2D eigenvalue weighted by atomic mass is 79.9. The van der Waals surface area contributed by atoms with Crippen LogP contribution in [-0.2, 0) is 4.74 Å². The molecule has 0 aliphatic carbocycles. The van der Waals surface area contributed by atoms with Gasteiger partial charge in [0.15, 0.2) is 0 Å². The zero-order valence-corrected chi connectivity index (χ0v) is 13.1. The largest absolute Gasteiger partial charge is 0.495 e. The summed E-state index contributed by atoms with van der Waals surface area (Å²) in [5.74, 6) is 1.91. The number of benzene rings is 1. The van der Waals surface area contributed by atoms with Crippen LogP contribution in [0.5, 0.6) is 11.5 Å². The first-order valence-electron chi connectivity index (χ1n) is 6.37. The van der Waals surface area contributed by atoms with Gasteiger partial charge in [0.1, 0.15) is 16.0 Å². The van der Waals surface area contributed by atoms with Crippen LogP contribution in [0.2, 0.25) is 0 Å². The molecule has 0 saturated carbocycles. The predicted molar refractivity (Wildman–Crippen MR) is 77.7 cm³/mol. The van der Waals surface area contributed by atoms with Crippen molar-refractivity contribution in [2.45, 2.75) is 25.5 Å². The molecule has 4 nitrogen and oxygen atoms in total. The number of halogens is 1. The molecule has 2 N–H and O–H groups in total. The standard InChI is InChI=1S/C14H20BrNO3/c1-8-6-7-19-13(8)12(16)9-4-5-10(17-2)11(15)14(9)18-3/h4-5,8,12-13H,6-7,16H2,1-3H3. The smallest absolute Gasteiger partial charge is 0.141 e. The lowest BCUT2D eigenvalue weighted by molar-refractivity contribution is 0.0717. The number of ether oxygens (including phenoxy) is 3. The van der Waals surface area contributed by atoms with Gasteiger partial charge in [-0.3, -0.25) is 0 Å². The van der Waals surface area contributed by atoms with E-state index in [0.29, 0.717) is 5.92 Å². The molecule has 106 valence electrons. The molecular formula is C14H20BrNO3. The number of rotatable bonds is 4. The maximum absolute atomic E-state index is 6.36. The highest BCUT2D eigenvalue weighted by molar-refractivity contribution is 9.10. The zero-order valence-electron chi connectivity index (χ0n) is 11.5. The molecule has 0 bridgehead atoms. The Morgan fingerprint density at radius 3 is 2.63 bits per heavy atom. The Hall–Kier alpha value is -0.780. The van der Waals surface area contributed by atoms with Gasteiger partial charge in [-0.2, -0.15) is 0 Å². The van der Waals surface area contributed by atoms with E-state index in [0.717, 1.165) is 34.6 Å². The first-order chi connectivity index (χ1) is 9.10. The Kier molecular flexibility index (Phi) is 4.71. The topological polar surface area (TPSA) is 53.7 Å². The van der Waals surface area contributed by atoms with E-state index in [9.17, 15) is 0 Å². The lowest BCUT2D eigenvalue weighted by Gasteiger charge is -2.25. The summed E-state index contributed by atoms with van der Waals surface area (Å²) >= 11 is 3.50. The van der Waals surface area contributed by atoms with Gasteiger partial charge < -0.3 is 19.9 Å². The van der Waals surface area contributed by atoms with Crippen LogP contribution in [0.3, 0.4) is 0 Å². The number of nitrogens with two attached hydrogens (primary N) is 1. The minimum atomic E-state index is -0.199. The highest BCUT2D eigenvalue weighted by Gasteiger charge is 2.33. The van der Waals surface area contributed by atoms with Crippen molar-refractivity contribution >= 4 is 15.9 Å². The Morgan fingerprint density at radius 1 is 1.37 bits per heavy atom. The van der Waals surface area contributed by atoms with Crippen LogP contribution < -0.4 is 15.2 Å². The summed E-state index contributed by atoms with van der Waals surface area (Å²) in [6.45, 7) is 2.95. The third kappa shape index (κ3) is 2.73. The third-order valence-corrected chi connectivity index (χ3v) is 4.42. The summed E-state index contributed by atoms with van der Waals surface area (Å²) in [5, 5.41) is 0. The fourth-order valence-corrected chi connectivity index (χ4v) is 3.22. The summed E-state index contributed by atoms with van der Waals surface area (Å²) in [6.07, 6.45) is 1.09. The summed E-state index contributed by atoms with van der Waals surface area (Å²) in [4.78, 5) is 0. The number of hydrogen-bond donors (Lipinski definition) is 1. The molecule has 1 heterocycles. The maximum atomic E-state index is 6.36. The van der Waals surface area contributed by atoms with Crippen molar-refractivity contribution in [3.05, 3.63) is 22.2 Å². The van der Waals surface area contributed by atoms with Gasteiger partial charge in [-0.15, -0.1) is 0 Å². The first-order valence-corrected chi connectivity index (χ1v) is 7.17. The van der Waals surface area contributed by atoms with E-state index in [1.165, 1.54) is 0 Å². The molecule has 3 atom stereocenters. The van der Waals surface area contributed by atoms with Crippen LogP contribution in [-0.4, -0.2) is 26.9 Å². The molecule has 0 amide bonds. The second-order valence-electron chi connectivity index (χ2n) is 4.83. The van der Waals surface area contributed by atoms with Crippen molar-refractivity contribution in [3.8, 4) is 11.5 Å². The second-order valence-corrected chi connectivity index (χ2v) is 5.62. The summed E-state index contributed by atoms with van der Waals surface area (Å²) < 4.78 is 17.3. The quantitative estimate of drug-likeness (QED) is 0.922. The van der Waals surface area contributed by atoms with Gasteiger partial charge in [0.05, 0.1) is 26.4 Å². The van der Waals surface area contributed by atoms with E-state index in [2.05, 4.69) is 22.9 Å². The molecule has 0 aromatic heterocycles. The van der Waals surface area contributed by atoms with Gasteiger partial charge in [0.2, 0.25) is 0 Å². The van der Waals surface area contributed by atoms with E-state index in [4.69, 9.17) is 19.9 Å². The van der Waals surface area contributed by atoms with Crippen LogP contribution in [0.1, 0.15) is 24.9 Å². The molecule has 0 radical (unpaired) electrons. The minimum Gasteiger partial charge on any atom is -0.495 e. The van der Waals surface area contributed by atoms with Crippen LogP contribution in [0.25, 0.3) is 0 Å². The van der Waals surface area contributed by atoms with Crippen LogP contribution in [0.15, 0.2) is 16.6 Å². The lowest BCUT2D eigenvalue weighted by Crippen LogP contribution is -2.30. The van der Waals surface area contributed by atoms with E-state index in [1.54, 1.807) is 14.2 Å². The first kappa shape index (κ1) is 14.6. The van der Waals surface area contributed by atoms with E-state index >= 15 is 0 Å². The second kappa shape index (κ2) is 6.11. The van der Waals surface area contributed by atoms with Gasteiger partial charge in [-0.1, -0.05) is 6.92 Å². The molecule has 1 aromatic rings. The average Bonchev–Trinajstić information content (AvgIpc) is 2.83. The molecule has 3 unspecified atom stereocenters. The normalized spacial score (nSPS) is 24.3. The Labute approximate surface area is 122 Å². The lowest BCUT2D eigenvalue weighted by atomic mass is 9.92. The highest BCUT2D eigenvalue weighted by Crippen LogP contribution is 2.41. The SMILES string of the molecule is COc1ccc(C(N)C2OCCC2C)c(OC)c1Br. The monoisotopic (exact) mass is 329 g/mol. The molecule has 5 heteroatoms. The van der Waals surface area contributed by atoms with E-state index in [-0.39, 0.29) is 12.1 Å². The van der Waals surface area contributed by atoms with Crippen LogP contribution in [0, 0.1) is 5.92 Å². The van der Waals surface area contributed by atoms with Gasteiger partial charge in [-0.05, 0) is 40.4 Å². The Bertz CT molecular complexity index is 453. The number of methoxy groups -OCH3 is 2. The Balaban J connectivity index is 2.36. The molecule has 0 spiro atoms. The van der Waals surface area contributed by atoms with Crippen LogP contribution >= 0.6 is 15.9 Å². The van der Waals surface area contributed by atoms with Crippen molar-refractivity contribution in [2.75, 3.05) is 20.8 Å².